The lowest BCUT2D eigenvalue weighted by Crippen LogP contribution is -1.97. The highest BCUT2D eigenvalue weighted by molar-refractivity contribution is 9.10. The molecule has 1 unspecified atom stereocenters. The van der Waals surface area contributed by atoms with E-state index < -0.39 is 11.3 Å². The molecule has 2 rings (SSSR count). The molecule has 1 atom stereocenters. The number of nitrogens with two attached hydrogens (primary N) is 1. The van der Waals surface area contributed by atoms with Gasteiger partial charge in [-0.15, -0.1) is 0 Å². The normalized spacial score (nSPS) is 12.1. The number of hydrogen-bond donors (Lipinski definition) is 1. The molecule has 0 saturated heterocycles. The minimum atomic E-state index is -2.36. The third kappa shape index (κ3) is 3.15. The van der Waals surface area contributed by atoms with Crippen LogP contribution in [0.5, 0.6) is 0 Å². The fourth-order valence-corrected chi connectivity index (χ4v) is 1.93. The number of hydrogen-bond acceptors (Lipinski definition) is 2. The fourth-order valence-electron chi connectivity index (χ4n) is 1.46. The van der Waals surface area contributed by atoms with E-state index in [2.05, 4.69) is 63.9 Å². The molecule has 0 spiro atoms. The van der Waals surface area contributed by atoms with Gasteiger partial charge in [0.05, 0.1) is 0 Å². The van der Waals surface area contributed by atoms with Crippen LogP contribution in [0.2, 0.25) is 0 Å². The molecule has 2 aromatic rings. The summed E-state index contributed by atoms with van der Waals surface area (Å²) >= 11 is 1.17. The fraction of sp³-hybridized carbons (Fsp3) is 0.200. The van der Waals surface area contributed by atoms with Crippen LogP contribution in [0.3, 0.4) is 0 Å². The monoisotopic (exact) mass is 303 g/mol. The summed E-state index contributed by atoms with van der Waals surface area (Å²) in [7, 11) is 2.09. The minimum absolute atomic E-state index is 1.17. The van der Waals surface area contributed by atoms with Crippen molar-refractivity contribution in [1.82, 2.24) is 4.57 Å². The van der Waals surface area contributed by atoms with Gasteiger partial charge in [-0.2, -0.15) is 0 Å². The highest BCUT2D eigenvalue weighted by Gasteiger charge is 2.03. The first-order valence-electron chi connectivity index (χ1n) is 4.47. The smallest absolute Gasteiger partial charge is 0.0491 e. The molecule has 0 radical (unpaired) electrons. The molecule has 0 fully saturated rings. The van der Waals surface area contributed by atoms with Crippen molar-refractivity contribution in [2.45, 2.75) is 6.92 Å². The first-order valence-corrected chi connectivity index (χ1v) is 6.40. The van der Waals surface area contributed by atoms with Crippen LogP contribution in [-0.2, 0) is 18.3 Å². The van der Waals surface area contributed by atoms with Crippen LogP contribution < -0.4 is 5.14 Å². The summed E-state index contributed by atoms with van der Waals surface area (Å²) < 4.78 is 20.9. The van der Waals surface area contributed by atoms with Crippen molar-refractivity contribution in [3.8, 4) is 0 Å². The van der Waals surface area contributed by atoms with E-state index in [9.17, 15) is 0 Å². The first kappa shape index (κ1) is 13.4. The van der Waals surface area contributed by atoms with Crippen LogP contribution in [0, 0.1) is 6.92 Å². The van der Waals surface area contributed by atoms with E-state index >= 15 is 0 Å². The van der Waals surface area contributed by atoms with E-state index in [-0.39, 0.29) is 0 Å². The lowest BCUT2D eigenvalue weighted by Gasteiger charge is -1.98. The SMILES string of the molecule is Cc1cc2c(Br)cccc2n1C.NS(=O)[O-]. The Labute approximate surface area is 105 Å². The topological polar surface area (TPSA) is 71.1 Å². The van der Waals surface area contributed by atoms with Crippen molar-refractivity contribution in [2.24, 2.45) is 12.2 Å². The predicted octanol–water partition coefficient (Wildman–Crippen LogP) is 1.99. The predicted molar refractivity (Wildman–Crippen MR) is 68.5 cm³/mol. The molecule has 0 bridgehead atoms. The summed E-state index contributed by atoms with van der Waals surface area (Å²) in [5.41, 5.74) is 2.57. The van der Waals surface area contributed by atoms with E-state index in [1.165, 1.54) is 21.1 Å². The van der Waals surface area contributed by atoms with Crippen LogP contribution >= 0.6 is 15.9 Å². The van der Waals surface area contributed by atoms with E-state index in [4.69, 9.17) is 8.76 Å². The largest absolute Gasteiger partial charge is 0.760 e. The average Bonchev–Trinajstić information content (AvgIpc) is 2.45. The highest BCUT2D eigenvalue weighted by atomic mass is 79.9. The Morgan fingerprint density at radius 1 is 1.50 bits per heavy atom. The number of halogens is 1. The van der Waals surface area contributed by atoms with Gasteiger partial charge in [0.2, 0.25) is 0 Å². The van der Waals surface area contributed by atoms with Gasteiger partial charge in [0.1, 0.15) is 0 Å². The highest BCUT2D eigenvalue weighted by Crippen LogP contribution is 2.25. The standard InChI is InChI=1S/C10H10BrN.H3NO2S/c1-7-6-8-9(11)4-3-5-10(8)12(7)2;1-4(2)3/h3-6H,1-2H3;1H2,(H,2,3)/p-1. The van der Waals surface area contributed by atoms with Crippen LogP contribution in [-0.4, -0.2) is 13.3 Å². The van der Waals surface area contributed by atoms with Gasteiger partial charge in [-0.3, -0.25) is 9.35 Å². The van der Waals surface area contributed by atoms with Gasteiger partial charge in [-0.25, -0.2) is 0 Å². The van der Waals surface area contributed by atoms with Crippen molar-refractivity contribution in [2.75, 3.05) is 0 Å². The Morgan fingerprint density at radius 2 is 2.06 bits per heavy atom. The summed E-state index contributed by atoms with van der Waals surface area (Å²) in [6, 6.07) is 8.46. The van der Waals surface area contributed by atoms with E-state index in [0.717, 1.165) is 0 Å². The second-order valence-electron chi connectivity index (χ2n) is 3.28. The molecular weight excluding hydrogens is 292 g/mol. The number of nitrogens with zero attached hydrogens (tertiary/aromatic N) is 1. The van der Waals surface area contributed by atoms with Gasteiger partial charge in [0, 0.05) is 39.4 Å². The lowest BCUT2D eigenvalue weighted by atomic mass is 10.2. The Kier molecular flexibility index (Phi) is 4.67. The summed E-state index contributed by atoms with van der Waals surface area (Å²) in [6.45, 7) is 2.12. The number of rotatable bonds is 0. The number of fused-ring (bicyclic) bond motifs is 1. The molecule has 1 heterocycles. The molecule has 0 saturated carbocycles. The number of aromatic nitrogens is 1. The van der Waals surface area contributed by atoms with Gasteiger partial charge < -0.3 is 9.12 Å². The van der Waals surface area contributed by atoms with Crippen LogP contribution in [0.4, 0.5) is 0 Å². The van der Waals surface area contributed by atoms with Crippen molar-refractivity contribution >= 4 is 38.1 Å². The summed E-state index contributed by atoms with van der Waals surface area (Å²) in [6.07, 6.45) is 0. The molecule has 1 aromatic heterocycles. The molecule has 4 nitrogen and oxygen atoms in total. The molecule has 2 N–H and O–H groups in total. The minimum Gasteiger partial charge on any atom is -0.760 e. The van der Waals surface area contributed by atoms with Crippen molar-refractivity contribution < 1.29 is 8.76 Å². The zero-order valence-corrected chi connectivity index (χ0v) is 11.3. The van der Waals surface area contributed by atoms with E-state index in [1.807, 2.05) is 0 Å². The lowest BCUT2D eigenvalue weighted by molar-refractivity contribution is 0.539. The molecule has 6 heteroatoms. The van der Waals surface area contributed by atoms with Crippen molar-refractivity contribution in [1.29, 1.82) is 0 Å². The second-order valence-corrected chi connectivity index (χ2v) is 4.65. The Hall–Kier alpha value is -0.690. The molecule has 88 valence electrons. The van der Waals surface area contributed by atoms with Gasteiger partial charge in [-0.05, 0) is 25.1 Å². The second kappa shape index (κ2) is 5.58. The Bertz CT molecular complexity index is 521. The molecule has 0 aliphatic carbocycles. The Morgan fingerprint density at radius 3 is 2.56 bits per heavy atom. The molecule has 0 aliphatic heterocycles. The van der Waals surface area contributed by atoms with E-state index in [0.29, 0.717) is 0 Å². The number of benzene rings is 1. The van der Waals surface area contributed by atoms with Crippen molar-refractivity contribution in [3.05, 3.63) is 34.4 Å². The first-order chi connectivity index (χ1) is 7.43. The maximum Gasteiger partial charge on any atom is 0.0491 e. The summed E-state index contributed by atoms with van der Waals surface area (Å²) in [5.74, 6) is 0. The molecule has 1 aromatic carbocycles. The zero-order chi connectivity index (χ0) is 12.3. The summed E-state index contributed by atoms with van der Waals surface area (Å²) in [4.78, 5) is 0. The average molecular weight is 304 g/mol. The molecule has 0 aliphatic rings. The quantitative estimate of drug-likeness (QED) is 0.756. The zero-order valence-electron chi connectivity index (χ0n) is 8.94. The molecular formula is C10H12BrN2O2S-. The van der Waals surface area contributed by atoms with Crippen LogP contribution in [0.25, 0.3) is 10.9 Å². The van der Waals surface area contributed by atoms with E-state index in [1.54, 1.807) is 0 Å². The third-order valence-corrected chi connectivity index (χ3v) is 2.97. The van der Waals surface area contributed by atoms with Crippen LogP contribution in [0.1, 0.15) is 5.69 Å². The maximum atomic E-state index is 8.78. The third-order valence-electron chi connectivity index (χ3n) is 2.27. The van der Waals surface area contributed by atoms with Gasteiger partial charge in [0.15, 0.2) is 0 Å². The molecule has 0 amide bonds. The van der Waals surface area contributed by atoms with Gasteiger partial charge >= 0.3 is 0 Å². The van der Waals surface area contributed by atoms with Gasteiger partial charge in [-0.1, -0.05) is 22.0 Å². The molecule has 16 heavy (non-hydrogen) atoms. The Balaban J connectivity index is 0.000000280. The maximum absolute atomic E-state index is 8.78. The summed E-state index contributed by atoms with van der Waals surface area (Å²) in [5, 5.41) is 5.32. The number of aryl methyl sites for hydroxylation is 2. The van der Waals surface area contributed by atoms with Crippen molar-refractivity contribution in [3.63, 3.8) is 0 Å². The van der Waals surface area contributed by atoms with Gasteiger partial charge in [0.25, 0.3) is 0 Å². The van der Waals surface area contributed by atoms with Crippen LogP contribution in [0.15, 0.2) is 28.7 Å².